The van der Waals surface area contributed by atoms with Crippen LogP contribution < -0.4 is 10.2 Å². The number of amides is 1. The van der Waals surface area contributed by atoms with Crippen LogP contribution in [0, 0.1) is 18.6 Å². The third-order valence-corrected chi connectivity index (χ3v) is 5.59. The number of rotatable bonds is 4. The topological polar surface area (TPSA) is 75.4 Å². The second kappa shape index (κ2) is 9.11. The molecule has 0 saturated carbocycles. The van der Waals surface area contributed by atoms with E-state index in [0.29, 0.717) is 41.4 Å². The number of hydrogen-bond acceptors (Lipinski definition) is 5. The van der Waals surface area contributed by atoms with E-state index in [0.717, 1.165) is 24.2 Å². The maximum Gasteiger partial charge on any atom is 0.274 e. The Hall–Kier alpha value is -3.59. The molecule has 1 saturated heterocycles. The summed E-state index contributed by atoms with van der Waals surface area (Å²) < 4.78 is 29.8. The zero-order chi connectivity index (χ0) is 22.2. The van der Waals surface area contributed by atoms with Gasteiger partial charge in [-0.25, -0.2) is 23.3 Å². The molecule has 0 aliphatic carbocycles. The third-order valence-electron chi connectivity index (χ3n) is 5.59. The lowest BCUT2D eigenvalue weighted by Gasteiger charge is -2.26. The Kier molecular flexibility index (Phi) is 6.24. The van der Waals surface area contributed by atoms with Crippen molar-refractivity contribution >= 4 is 35.5 Å². The number of nitrogens with zero attached hydrogens (tertiary/aromatic N) is 5. The largest absolute Gasteiger partial charge is 0.349 e. The molecule has 0 radical (unpaired) electrons. The summed E-state index contributed by atoms with van der Waals surface area (Å²) in [7, 11) is 0. The lowest BCUT2D eigenvalue weighted by Crippen LogP contribution is -2.24. The highest BCUT2D eigenvalue weighted by Gasteiger charge is 2.30. The van der Waals surface area contributed by atoms with Crippen molar-refractivity contribution in [2.45, 2.75) is 25.8 Å². The number of benzene rings is 1. The van der Waals surface area contributed by atoms with Crippen LogP contribution in [0.2, 0.25) is 0 Å². The third kappa shape index (κ3) is 4.36. The minimum Gasteiger partial charge on any atom is -0.349 e. The molecule has 10 heteroatoms. The lowest BCUT2D eigenvalue weighted by atomic mass is 10.0. The second-order valence-corrected chi connectivity index (χ2v) is 7.75. The van der Waals surface area contributed by atoms with Gasteiger partial charge in [-0.15, -0.1) is 12.4 Å². The maximum absolute atomic E-state index is 14.4. The van der Waals surface area contributed by atoms with Crippen LogP contribution in [0.5, 0.6) is 0 Å². The van der Waals surface area contributed by atoms with Gasteiger partial charge in [0.05, 0.1) is 12.2 Å². The van der Waals surface area contributed by atoms with E-state index < -0.39 is 11.6 Å². The van der Waals surface area contributed by atoms with Crippen molar-refractivity contribution in [2.75, 3.05) is 16.8 Å². The Bertz CT molecular complexity index is 1330. The monoisotopic (exact) mass is 470 g/mol. The first kappa shape index (κ1) is 22.6. The van der Waals surface area contributed by atoms with Crippen LogP contribution in [0.4, 0.5) is 20.3 Å². The number of nitrogens with one attached hydrogen (secondary N) is 1. The average molecular weight is 471 g/mol. The van der Waals surface area contributed by atoms with Gasteiger partial charge >= 0.3 is 0 Å². The molecule has 4 heterocycles. The van der Waals surface area contributed by atoms with Gasteiger partial charge in [0.1, 0.15) is 28.8 Å². The molecule has 1 amide bonds. The van der Waals surface area contributed by atoms with Crippen LogP contribution in [0.3, 0.4) is 0 Å². The summed E-state index contributed by atoms with van der Waals surface area (Å²) in [5, 5.41) is 7.05. The predicted octanol–water partition coefficient (Wildman–Crippen LogP) is 4.73. The molecule has 7 nitrogen and oxygen atoms in total. The number of aromatic nitrogens is 4. The van der Waals surface area contributed by atoms with Crippen LogP contribution in [-0.4, -0.2) is 32.0 Å². The number of carbonyl (C=O) groups excluding carboxylic acids is 1. The molecule has 3 aromatic heterocycles. The number of pyridine rings is 1. The van der Waals surface area contributed by atoms with E-state index >= 15 is 0 Å². The van der Waals surface area contributed by atoms with Gasteiger partial charge in [0.25, 0.3) is 5.91 Å². The van der Waals surface area contributed by atoms with E-state index in [-0.39, 0.29) is 24.4 Å². The van der Waals surface area contributed by atoms with Crippen LogP contribution in [-0.2, 0) is 0 Å². The van der Waals surface area contributed by atoms with E-state index in [1.807, 2.05) is 17.9 Å². The quantitative estimate of drug-likeness (QED) is 0.467. The Labute approximate surface area is 194 Å². The molecule has 33 heavy (non-hydrogen) atoms. The zero-order valence-corrected chi connectivity index (χ0v) is 18.5. The highest BCUT2D eigenvalue weighted by atomic mass is 35.5. The van der Waals surface area contributed by atoms with Crippen LogP contribution in [0.1, 0.15) is 40.6 Å². The Balaban J connectivity index is 0.00000259. The first-order chi connectivity index (χ1) is 15.5. The van der Waals surface area contributed by atoms with E-state index in [1.54, 1.807) is 28.9 Å². The molecule has 1 aliphatic rings. The fourth-order valence-electron chi connectivity index (χ4n) is 4.10. The molecule has 1 atom stereocenters. The average Bonchev–Trinajstić information content (AvgIpc) is 3.42. The van der Waals surface area contributed by atoms with Gasteiger partial charge in [0, 0.05) is 24.0 Å². The molecule has 1 aliphatic heterocycles. The molecule has 4 aromatic rings. The van der Waals surface area contributed by atoms with Crippen LogP contribution in [0.25, 0.3) is 5.65 Å². The highest BCUT2D eigenvalue weighted by molar-refractivity contribution is 6.04. The van der Waals surface area contributed by atoms with Crippen LogP contribution in [0.15, 0.2) is 54.9 Å². The van der Waals surface area contributed by atoms with Gasteiger partial charge in [-0.3, -0.25) is 4.79 Å². The lowest BCUT2D eigenvalue weighted by molar-refractivity contribution is 0.102. The van der Waals surface area contributed by atoms with Gasteiger partial charge in [-0.1, -0.05) is 6.07 Å². The summed E-state index contributed by atoms with van der Waals surface area (Å²) in [6.45, 7) is 2.47. The van der Waals surface area contributed by atoms with Crippen molar-refractivity contribution in [3.05, 3.63) is 83.4 Å². The number of halogens is 3. The summed E-state index contributed by atoms with van der Waals surface area (Å²) in [5.41, 5.74) is 2.24. The van der Waals surface area contributed by atoms with Gasteiger partial charge in [0.2, 0.25) is 0 Å². The maximum atomic E-state index is 14.4. The normalized spacial score (nSPS) is 15.5. The molecule has 1 aromatic carbocycles. The zero-order valence-electron chi connectivity index (χ0n) is 17.7. The minimum atomic E-state index is -0.470. The Morgan fingerprint density at radius 3 is 2.82 bits per heavy atom. The molecule has 170 valence electrons. The van der Waals surface area contributed by atoms with Gasteiger partial charge < -0.3 is 10.2 Å². The molecular formula is C23H21ClF2N6O. The fraction of sp³-hybridized carbons (Fsp3) is 0.217. The number of anilines is 2. The summed E-state index contributed by atoms with van der Waals surface area (Å²) in [4.78, 5) is 23.5. The number of aryl methyl sites for hydroxylation is 1. The molecule has 0 bridgehead atoms. The van der Waals surface area contributed by atoms with E-state index in [9.17, 15) is 13.6 Å². The molecular weight excluding hydrogens is 450 g/mol. The summed E-state index contributed by atoms with van der Waals surface area (Å²) in [5.74, 6) is -0.667. The van der Waals surface area contributed by atoms with Gasteiger partial charge in [0.15, 0.2) is 5.65 Å². The second-order valence-electron chi connectivity index (χ2n) is 7.75. The first-order valence-corrected chi connectivity index (χ1v) is 10.3. The van der Waals surface area contributed by atoms with Crippen molar-refractivity contribution in [1.82, 2.24) is 19.6 Å². The number of hydrogen-bond donors (Lipinski definition) is 1. The van der Waals surface area contributed by atoms with Gasteiger partial charge in [-0.05, 0) is 56.2 Å². The first-order valence-electron chi connectivity index (χ1n) is 10.3. The number of fused-ring (bicyclic) bond motifs is 1. The standard InChI is InChI=1S/C23H20F2N6O.ClH/c1-14-4-2-5-18(27-14)23(32)28-19-13-26-31-11-9-21(29-22(19)31)30-10-3-6-20(30)16-12-15(24)7-8-17(16)25;/h2,4-5,7-9,11-13,20H,3,6,10H2,1H3,(H,28,32);1H. The smallest absolute Gasteiger partial charge is 0.274 e. The molecule has 1 N–H and O–H groups in total. The van der Waals surface area contributed by atoms with Crippen molar-refractivity contribution in [2.24, 2.45) is 0 Å². The molecule has 1 unspecified atom stereocenters. The molecule has 0 spiro atoms. The highest BCUT2D eigenvalue weighted by Crippen LogP contribution is 2.37. The summed E-state index contributed by atoms with van der Waals surface area (Å²) >= 11 is 0. The number of carbonyl (C=O) groups is 1. The summed E-state index contributed by atoms with van der Waals surface area (Å²) in [6.07, 6.45) is 4.77. The Morgan fingerprint density at radius 2 is 2.00 bits per heavy atom. The SMILES string of the molecule is Cc1cccc(C(=O)Nc2cnn3ccc(N4CCCC4c4cc(F)ccc4F)nc23)n1.Cl. The molecule has 5 rings (SSSR count). The van der Waals surface area contributed by atoms with Crippen LogP contribution >= 0.6 is 12.4 Å². The van der Waals surface area contributed by atoms with E-state index in [4.69, 9.17) is 0 Å². The predicted molar refractivity (Wildman–Crippen MR) is 123 cm³/mol. The van der Waals surface area contributed by atoms with Crippen molar-refractivity contribution < 1.29 is 13.6 Å². The summed E-state index contributed by atoms with van der Waals surface area (Å²) in [6, 6.07) is 10.2. The Morgan fingerprint density at radius 1 is 1.15 bits per heavy atom. The molecule has 1 fully saturated rings. The van der Waals surface area contributed by atoms with Crippen molar-refractivity contribution in [1.29, 1.82) is 0 Å². The van der Waals surface area contributed by atoms with Gasteiger partial charge in [-0.2, -0.15) is 5.10 Å². The van der Waals surface area contributed by atoms with E-state index in [2.05, 4.69) is 20.4 Å². The van der Waals surface area contributed by atoms with Crippen molar-refractivity contribution in [3.8, 4) is 0 Å². The van der Waals surface area contributed by atoms with Crippen molar-refractivity contribution in [3.63, 3.8) is 0 Å². The van der Waals surface area contributed by atoms with E-state index in [1.165, 1.54) is 12.3 Å². The fourth-order valence-corrected chi connectivity index (χ4v) is 4.10. The minimum absolute atomic E-state index is 0.